The van der Waals surface area contributed by atoms with E-state index in [9.17, 15) is 0 Å². The van der Waals surface area contributed by atoms with Crippen molar-refractivity contribution >= 4 is 43.4 Å². The monoisotopic (exact) mass is 438 g/mol. The predicted molar refractivity (Wildman–Crippen MR) is 141 cm³/mol. The molecule has 3 heterocycles. The largest absolute Gasteiger partial charge is 0.309 e. The summed E-state index contributed by atoms with van der Waals surface area (Å²) in [5.74, 6) is 1.18. The lowest BCUT2D eigenvalue weighted by atomic mass is 10.1. The van der Waals surface area contributed by atoms with Crippen molar-refractivity contribution in [3.05, 3.63) is 115 Å². The van der Waals surface area contributed by atoms with Gasteiger partial charge in [0.25, 0.3) is 5.82 Å². The summed E-state index contributed by atoms with van der Waals surface area (Å²) in [5.41, 5.74) is 4.90. The van der Waals surface area contributed by atoms with Crippen LogP contribution in [0.15, 0.2) is 109 Å². The number of fused-ring (bicyclic) bond motifs is 5. The first-order valence-corrected chi connectivity index (χ1v) is 11.7. The highest BCUT2D eigenvalue weighted by molar-refractivity contribution is 6.09. The molecule has 34 heavy (non-hydrogen) atoms. The van der Waals surface area contributed by atoms with E-state index in [1.54, 1.807) is 0 Å². The van der Waals surface area contributed by atoms with Crippen LogP contribution in [0.2, 0.25) is 0 Å². The van der Waals surface area contributed by atoms with Gasteiger partial charge in [-0.15, -0.1) is 0 Å². The summed E-state index contributed by atoms with van der Waals surface area (Å²) in [6.45, 7) is 2.20. The second kappa shape index (κ2) is 7.06. The zero-order valence-corrected chi connectivity index (χ0v) is 19.2. The van der Waals surface area contributed by atoms with Gasteiger partial charge in [-0.1, -0.05) is 60.7 Å². The third-order valence-corrected chi connectivity index (χ3v) is 7.13. The summed E-state index contributed by atoms with van der Waals surface area (Å²) in [7, 11) is 2.12. The zero-order valence-electron chi connectivity index (χ0n) is 19.2. The molecule has 0 bridgehead atoms. The molecule has 0 radical (unpaired) electrons. The Morgan fingerprint density at radius 3 is 1.97 bits per heavy atom. The summed E-state index contributed by atoms with van der Waals surface area (Å²) >= 11 is 0. The number of rotatable bonds is 2. The molecule has 3 nitrogen and oxygen atoms in total. The molecule has 0 N–H and O–H groups in total. The second-order valence-corrected chi connectivity index (χ2v) is 9.06. The summed E-state index contributed by atoms with van der Waals surface area (Å²) in [5, 5.41) is 7.59. The Kier molecular flexibility index (Phi) is 3.97. The maximum absolute atomic E-state index is 2.38. The number of benzene rings is 4. The fourth-order valence-corrected chi connectivity index (χ4v) is 5.51. The van der Waals surface area contributed by atoms with E-state index < -0.39 is 0 Å². The van der Waals surface area contributed by atoms with Crippen LogP contribution in [-0.2, 0) is 7.05 Å². The molecule has 3 aromatic heterocycles. The molecule has 0 atom stereocenters. The first-order valence-electron chi connectivity index (χ1n) is 11.7. The Hall–Kier alpha value is -4.37. The highest BCUT2D eigenvalue weighted by Crippen LogP contribution is 2.33. The van der Waals surface area contributed by atoms with Gasteiger partial charge in [0.05, 0.1) is 29.7 Å². The molecule has 0 spiro atoms. The molecule has 0 aliphatic carbocycles. The van der Waals surface area contributed by atoms with E-state index in [0.717, 1.165) is 0 Å². The molecule has 0 aliphatic rings. The number of para-hydroxylation sites is 2. The van der Waals surface area contributed by atoms with Gasteiger partial charge in [-0.2, -0.15) is 0 Å². The van der Waals surface area contributed by atoms with Gasteiger partial charge in [0.2, 0.25) is 0 Å². The fourth-order valence-electron chi connectivity index (χ4n) is 5.51. The average Bonchev–Trinajstić information content (AvgIpc) is 3.39. The van der Waals surface area contributed by atoms with Crippen molar-refractivity contribution in [3.63, 3.8) is 0 Å². The Morgan fingerprint density at radius 1 is 0.618 bits per heavy atom. The molecular weight excluding hydrogens is 414 g/mol. The maximum Gasteiger partial charge on any atom is 0.293 e. The topological polar surface area (TPSA) is 13.7 Å². The summed E-state index contributed by atoms with van der Waals surface area (Å²) in [4.78, 5) is 0. The van der Waals surface area contributed by atoms with Crippen LogP contribution in [-0.4, -0.2) is 9.13 Å². The van der Waals surface area contributed by atoms with Crippen LogP contribution in [0.5, 0.6) is 0 Å². The lowest BCUT2D eigenvalue weighted by molar-refractivity contribution is -0.664. The first-order chi connectivity index (χ1) is 16.7. The Labute approximate surface area is 197 Å². The minimum atomic E-state index is 1.18. The van der Waals surface area contributed by atoms with Crippen LogP contribution in [0.3, 0.4) is 0 Å². The van der Waals surface area contributed by atoms with Gasteiger partial charge < -0.3 is 4.57 Å². The summed E-state index contributed by atoms with van der Waals surface area (Å²) in [6, 6.07) is 35.0. The Morgan fingerprint density at radius 2 is 1.26 bits per heavy atom. The standard InChI is InChI=1S/C31H24N3/c1-21-25-10-4-3-9-23(25)20-33(21)31-26-16-15-24(19-22(26)17-18-32(31)2)34-29-13-7-5-11-27(29)28-12-6-8-14-30(28)34/h3-20H,1-2H3/q+1. The van der Waals surface area contributed by atoms with Gasteiger partial charge in [0.15, 0.2) is 0 Å². The smallest absolute Gasteiger partial charge is 0.293 e. The van der Waals surface area contributed by atoms with Crippen LogP contribution in [0.1, 0.15) is 5.69 Å². The molecule has 7 aromatic rings. The molecule has 0 aliphatic heterocycles. The van der Waals surface area contributed by atoms with Gasteiger partial charge >= 0.3 is 0 Å². The van der Waals surface area contributed by atoms with Crippen LogP contribution in [0.4, 0.5) is 0 Å². The number of pyridine rings is 1. The van der Waals surface area contributed by atoms with Gasteiger partial charge in [-0.05, 0) is 48.7 Å². The van der Waals surface area contributed by atoms with Crippen molar-refractivity contribution in [1.29, 1.82) is 0 Å². The van der Waals surface area contributed by atoms with Gasteiger partial charge in [0.1, 0.15) is 11.9 Å². The van der Waals surface area contributed by atoms with Crippen LogP contribution < -0.4 is 4.57 Å². The predicted octanol–water partition coefficient (Wildman–Crippen LogP) is 7.01. The molecule has 4 aromatic carbocycles. The first kappa shape index (κ1) is 19.1. The van der Waals surface area contributed by atoms with Crippen LogP contribution in [0.25, 0.3) is 54.9 Å². The lowest BCUT2D eigenvalue weighted by Crippen LogP contribution is -2.33. The fraction of sp³-hybridized carbons (Fsp3) is 0.0645. The molecule has 0 saturated carbocycles. The molecule has 0 saturated heterocycles. The van der Waals surface area contributed by atoms with Crippen molar-refractivity contribution in [2.75, 3.05) is 0 Å². The van der Waals surface area contributed by atoms with Gasteiger partial charge in [-0.25, -0.2) is 9.13 Å². The summed E-state index contributed by atoms with van der Waals surface area (Å²) in [6.07, 6.45) is 4.41. The Bertz CT molecular complexity index is 1830. The van der Waals surface area contributed by atoms with Crippen LogP contribution in [0, 0.1) is 6.92 Å². The summed E-state index contributed by atoms with van der Waals surface area (Å²) < 4.78 is 6.92. The number of hydrogen-bond donors (Lipinski definition) is 0. The van der Waals surface area contributed by atoms with E-state index in [2.05, 4.69) is 137 Å². The normalized spacial score (nSPS) is 11.8. The maximum atomic E-state index is 2.38. The minimum Gasteiger partial charge on any atom is -0.309 e. The van der Waals surface area contributed by atoms with E-state index in [0.29, 0.717) is 0 Å². The SMILES string of the molecule is Cc1c2ccccc2cn1-c1c2ccc(-n3c4ccccc4c4ccccc43)cc2cc[n+]1C. The van der Waals surface area contributed by atoms with Crippen molar-refractivity contribution < 1.29 is 4.57 Å². The highest BCUT2D eigenvalue weighted by atomic mass is 15.1. The highest BCUT2D eigenvalue weighted by Gasteiger charge is 2.20. The van der Waals surface area contributed by atoms with E-state index in [1.807, 2.05) is 0 Å². The quantitative estimate of drug-likeness (QED) is 0.258. The van der Waals surface area contributed by atoms with E-state index in [-0.39, 0.29) is 0 Å². The van der Waals surface area contributed by atoms with Crippen molar-refractivity contribution in [2.24, 2.45) is 7.05 Å². The third-order valence-electron chi connectivity index (χ3n) is 7.13. The van der Waals surface area contributed by atoms with Crippen molar-refractivity contribution in [2.45, 2.75) is 6.92 Å². The molecule has 0 amide bonds. The Balaban J connectivity index is 1.50. The van der Waals surface area contributed by atoms with Crippen molar-refractivity contribution in [1.82, 2.24) is 9.13 Å². The van der Waals surface area contributed by atoms with Crippen LogP contribution >= 0.6 is 0 Å². The number of nitrogens with zero attached hydrogens (tertiary/aromatic N) is 3. The molecule has 0 fully saturated rings. The second-order valence-electron chi connectivity index (χ2n) is 9.06. The number of aryl methyl sites for hydroxylation is 2. The molecule has 162 valence electrons. The van der Waals surface area contributed by atoms with Gasteiger partial charge in [-0.3, -0.25) is 0 Å². The van der Waals surface area contributed by atoms with Crippen molar-refractivity contribution in [3.8, 4) is 11.5 Å². The number of aromatic nitrogens is 3. The molecular formula is C31H24N3+. The minimum absolute atomic E-state index is 1.18. The zero-order chi connectivity index (χ0) is 22.8. The average molecular weight is 439 g/mol. The molecule has 7 rings (SSSR count). The van der Waals surface area contributed by atoms with E-state index in [4.69, 9.17) is 0 Å². The number of hydrogen-bond acceptors (Lipinski definition) is 0. The lowest BCUT2D eigenvalue weighted by Gasteiger charge is -2.11. The van der Waals surface area contributed by atoms with E-state index >= 15 is 0 Å². The molecule has 3 heteroatoms. The third kappa shape index (κ3) is 2.61. The van der Waals surface area contributed by atoms with E-state index in [1.165, 1.54) is 60.5 Å². The molecule has 0 unspecified atom stereocenters. The van der Waals surface area contributed by atoms with Gasteiger partial charge in [0, 0.05) is 27.2 Å².